The van der Waals surface area contributed by atoms with Gasteiger partial charge in [0.25, 0.3) is 5.91 Å². The zero-order valence-electron chi connectivity index (χ0n) is 17.3. The van der Waals surface area contributed by atoms with Gasteiger partial charge in [0, 0.05) is 30.9 Å². The molecular formula is C22H23ClN4O4S. The number of hydrogen-bond acceptors (Lipinski definition) is 5. The molecule has 1 fully saturated rings. The third kappa shape index (κ3) is 5.02. The Hall–Kier alpha value is -2.72. The molecular weight excluding hydrogens is 452 g/mol. The van der Waals surface area contributed by atoms with Gasteiger partial charge in [0.2, 0.25) is 10.0 Å². The predicted molar refractivity (Wildman–Crippen MR) is 120 cm³/mol. The number of morpholine rings is 1. The lowest BCUT2D eigenvalue weighted by Gasteiger charge is -2.27. The first kappa shape index (κ1) is 22.5. The van der Waals surface area contributed by atoms with Crippen molar-refractivity contribution >= 4 is 27.5 Å². The van der Waals surface area contributed by atoms with E-state index in [-0.39, 0.29) is 17.3 Å². The Labute approximate surface area is 191 Å². The molecule has 32 heavy (non-hydrogen) atoms. The second-order valence-corrected chi connectivity index (χ2v) is 9.64. The average Bonchev–Trinajstić information content (AvgIpc) is 3.28. The highest BCUT2D eigenvalue weighted by Crippen LogP contribution is 2.21. The summed E-state index contributed by atoms with van der Waals surface area (Å²) in [4.78, 5) is 12.8. The summed E-state index contributed by atoms with van der Waals surface area (Å²) < 4.78 is 34.4. The molecule has 0 unspecified atom stereocenters. The van der Waals surface area contributed by atoms with E-state index in [1.54, 1.807) is 41.2 Å². The maximum atomic E-state index is 13.1. The van der Waals surface area contributed by atoms with E-state index >= 15 is 0 Å². The Morgan fingerprint density at radius 1 is 1.06 bits per heavy atom. The van der Waals surface area contributed by atoms with E-state index in [0.29, 0.717) is 49.0 Å². The van der Waals surface area contributed by atoms with Crippen molar-refractivity contribution in [1.82, 2.24) is 19.4 Å². The lowest BCUT2D eigenvalue weighted by Crippen LogP contribution is -2.41. The van der Waals surface area contributed by atoms with Crippen LogP contribution in [-0.4, -0.2) is 54.7 Å². The van der Waals surface area contributed by atoms with Gasteiger partial charge < -0.3 is 10.1 Å². The Kier molecular flexibility index (Phi) is 6.90. The van der Waals surface area contributed by atoms with Gasteiger partial charge in [-0.3, -0.25) is 9.48 Å². The molecule has 0 atom stereocenters. The van der Waals surface area contributed by atoms with Crippen LogP contribution < -0.4 is 5.32 Å². The van der Waals surface area contributed by atoms with E-state index in [1.165, 1.54) is 10.5 Å². The van der Waals surface area contributed by atoms with Crippen molar-refractivity contribution in [3.05, 3.63) is 82.6 Å². The zero-order valence-corrected chi connectivity index (χ0v) is 18.8. The molecule has 1 N–H and O–H groups in total. The van der Waals surface area contributed by atoms with Crippen molar-refractivity contribution in [2.75, 3.05) is 26.3 Å². The van der Waals surface area contributed by atoms with Gasteiger partial charge in [0.15, 0.2) is 0 Å². The Balaban J connectivity index is 1.44. The minimum Gasteiger partial charge on any atom is -0.379 e. The minimum absolute atomic E-state index is 0.0776. The summed E-state index contributed by atoms with van der Waals surface area (Å²) in [5.74, 6) is -0.339. The number of halogens is 1. The molecule has 1 amide bonds. The topological polar surface area (TPSA) is 93.5 Å². The van der Waals surface area contributed by atoms with Gasteiger partial charge in [-0.15, -0.1) is 0 Å². The highest BCUT2D eigenvalue weighted by Gasteiger charge is 2.28. The molecule has 4 rings (SSSR count). The molecule has 10 heteroatoms. The van der Waals surface area contributed by atoms with Crippen LogP contribution >= 0.6 is 11.6 Å². The fourth-order valence-corrected chi connectivity index (χ4v) is 5.30. The highest BCUT2D eigenvalue weighted by molar-refractivity contribution is 7.89. The number of benzene rings is 2. The summed E-state index contributed by atoms with van der Waals surface area (Å²) in [6.07, 6.45) is 3.11. The molecule has 168 valence electrons. The first-order valence-electron chi connectivity index (χ1n) is 10.1. The van der Waals surface area contributed by atoms with Gasteiger partial charge in [-0.1, -0.05) is 48.0 Å². The van der Waals surface area contributed by atoms with Gasteiger partial charge >= 0.3 is 0 Å². The summed E-state index contributed by atoms with van der Waals surface area (Å²) >= 11 is 6.19. The predicted octanol–water partition coefficient (Wildman–Crippen LogP) is 2.54. The number of amides is 1. The summed E-state index contributed by atoms with van der Waals surface area (Å²) in [6, 6.07) is 14.1. The van der Waals surface area contributed by atoms with E-state index in [9.17, 15) is 13.2 Å². The number of ether oxygens (including phenoxy) is 1. The maximum Gasteiger partial charge on any atom is 0.254 e. The van der Waals surface area contributed by atoms with Gasteiger partial charge in [-0.2, -0.15) is 9.40 Å². The van der Waals surface area contributed by atoms with Crippen LogP contribution in [-0.2, 0) is 27.8 Å². The molecule has 0 saturated carbocycles. The lowest BCUT2D eigenvalue weighted by molar-refractivity contribution is 0.0730. The van der Waals surface area contributed by atoms with Crippen LogP contribution in [0.3, 0.4) is 0 Å². The van der Waals surface area contributed by atoms with Crippen molar-refractivity contribution in [1.29, 1.82) is 0 Å². The fourth-order valence-electron chi connectivity index (χ4n) is 3.47. The fraction of sp³-hybridized carbons (Fsp3) is 0.273. The first-order valence-corrected chi connectivity index (χ1v) is 12.0. The van der Waals surface area contributed by atoms with E-state index < -0.39 is 10.0 Å². The first-order chi connectivity index (χ1) is 15.4. The van der Waals surface area contributed by atoms with Gasteiger partial charge in [0.1, 0.15) is 0 Å². The van der Waals surface area contributed by atoms with E-state index in [0.717, 1.165) is 5.56 Å². The molecule has 1 aliphatic heterocycles. The Morgan fingerprint density at radius 3 is 2.50 bits per heavy atom. The number of sulfonamides is 1. The third-order valence-corrected chi connectivity index (χ3v) is 7.55. The number of carbonyl (C=O) groups excluding carboxylic acids is 1. The smallest absolute Gasteiger partial charge is 0.254 e. The van der Waals surface area contributed by atoms with Crippen LogP contribution in [0.4, 0.5) is 0 Å². The molecule has 1 saturated heterocycles. The van der Waals surface area contributed by atoms with Crippen LogP contribution in [0.2, 0.25) is 5.02 Å². The quantitative estimate of drug-likeness (QED) is 0.568. The molecule has 1 aromatic heterocycles. The molecule has 8 nitrogen and oxygen atoms in total. The van der Waals surface area contributed by atoms with Crippen molar-refractivity contribution in [2.24, 2.45) is 0 Å². The normalized spacial score (nSPS) is 14.9. The highest BCUT2D eigenvalue weighted by atomic mass is 35.5. The Bertz CT molecular complexity index is 1210. The molecule has 2 aromatic carbocycles. The monoisotopic (exact) mass is 474 g/mol. The minimum atomic E-state index is -3.67. The molecule has 3 aromatic rings. The molecule has 0 spiro atoms. The average molecular weight is 475 g/mol. The number of nitrogens with zero attached hydrogens (tertiary/aromatic N) is 3. The lowest BCUT2D eigenvalue weighted by atomic mass is 10.2. The second-order valence-electron chi connectivity index (χ2n) is 7.32. The molecule has 2 heterocycles. The summed E-state index contributed by atoms with van der Waals surface area (Å²) in [5, 5.41) is 7.65. The number of nitrogens with one attached hydrogen (secondary N) is 1. The molecule has 0 bridgehead atoms. The maximum absolute atomic E-state index is 13.1. The van der Waals surface area contributed by atoms with Crippen LogP contribution in [0, 0.1) is 0 Å². The molecule has 1 aliphatic rings. The van der Waals surface area contributed by atoms with Gasteiger partial charge in [-0.25, -0.2) is 8.42 Å². The third-order valence-electron chi connectivity index (χ3n) is 5.19. The van der Waals surface area contributed by atoms with Crippen LogP contribution in [0.1, 0.15) is 21.5 Å². The van der Waals surface area contributed by atoms with Crippen molar-refractivity contribution in [3.8, 4) is 0 Å². The van der Waals surface area contributed by atoms with Gasteiger partial charge in [0.05, 0.1) is 36.4 Å². The van der Waals surface area contributed by atoms with Crippen molar-refractivity contribution in [3.63, 3.8) is 0 Å². The molecule has 0 aliphatic carbocycles. The standard InChI is InChI=1S/C22H23ClN4O4S/c23-20-7-3-1-6-18(20)15-26-16-19(14-25-26)22(28)24-13-17-5-2-4-8-21(17)32(29,30)27-9-11-31-12-10-27/h1-8,14,16H,9-13,15H2,(H,24,28). The number of hydrogen-bond donors (Lipinski definition) is 1. The summed E-state index contributed by atoms with van der Waals surface area (Å²) in [6.45, 7) is 1.88. The second kappa shape index (κ2) is 9.83. The SMILES string of the molecule is O=C(NCc1ccccc1S(=O)(=O)N1CCOCC1)c1cnn(Cc2ccccc2Cl)c1. The molecule has 0 radical (unpaired) electrons. The Morgan fingerprint density at radius 2 is 1.75 bits per heavy atom. The van der Waals surface area contributed by atoms with Gasteiger partial charge in [-0.05, 0) is 23.3 Å². The summed E-state index contributed by atoms with van der Waals surface area (Å²) in [5.41, 5.74) is 1.80. The largest absolute Gasteiger partial charge is 0.379 e. The van der Waals surface area contributed by atoms with E-state index in [2.05, 4.69) is 10.4 Å². The van der Waals surface area contributed by atoms with Crippen LogP contribution in [0.15, 0.2) is 65.8 Å². The van der Waals surface area contributed by atoms with Crippen molar-refractivity contribution < 1.29 is 17.9 Å². The van der Waals surface area contributed by atoms with E-state index in [4.69, 9.17) is 16.3 Å². The van der Waals surface area contributed by atoms with Crippen LogP contribution in [0.5, 0.6) is 0 Å². The zero-order chi connectivity index (χ0) is 22.6. The number of aromatic nitrogens is 2. The number of rotatable bonds is 7. The summed E-state index contributed by atoms with van der Waals surface area (Å²) in [7, 11) is -3.67. The number of carbonyl (C=O) groups is 1. The van der Waals surface area contributed by atoms with E-state index in [1.807, 2.05) is 18.2 Å². The van der Waals surface area contributed by atoms with Crippen molar-refractivity contribution in [2.45, 2.75) is 18.0 Å². The van der Waals surface area contributed by atoms with Crippen LogP contribution in [0.25, 0.3) is 0 Å².